The number of amides is 2. The van der Waals surface area contributed by atoms with E-state index in [1.54, 1.807) is 19.1 Å². The maximum absolute atomic E-state index is 11.8. The molecule has 0 aliphatic rings. The van der Waals surface area contributed by atoms with Gasteiger partial charge < -0.3 is 15.7 Å². The second kappa shape index (κ2) is 8.29. The zero-order chi connectivity index (χ0) is 15.8. The first-order valence-electron chi connectivity index (χ1n) is 7.29. The van der Waals surface area contributed by atoms with Crippen molar-refractivity contribution in [2.75, 3.05) is 11.9 Å². The summed E-state index contributed by atoms with van der Waals surface area (Å²) in [5.41, 5.74) is 1.18. The third kappa shape index (κ3) is 5.85. The molecule has 2 amide bonds. The molecular weight excluding hydrogens is 268 g/mol. The van der Waals surface area contributed by atoms with Crippen LogP contribution in [0.15, 0.2) is 18.2 Å². The number of carboxylic acids is 1. The molecule has 0 heterocycles. The Morgan fingerprint density at radius 1 is 1.24 bits per heavy atom. The summed E-state index contributed by atoms with van der Waals surface area (Å²) in [6, 6.07) is 4.54. The van der Waals surface area contributed by atoms with Crippen molar-refractivity contribution in [3.63, 3.8) is 0 Å². The van der Waals surface area contributed by atoms with E-state index in [2.05, 4.69) is 24.5 Å². The van der Waals surface area contributed by atoms with Crippen LogP contribution in [0, 0.1) is 12.8 Å². The Labute approximate surface area is 125 Å². The Morgan fingerprint density at radius 2 is 1.95 bits per heavy atom. The molecule has 0 aliphatic heterocycles. The number of hydrogen-bond acceptors (Lipinski definition) is 2. The van der Waals surface area contributed by atoms with Crippen LogP contribution in [0.3, 0.4) is 0 Å². The number of anilines is 1. The minimum atomic E-state index is -1.05. The summed E-state index contributed by atoms with van der Waals surface area (Å²) < 4.78 is 0. The highest BCUT2D eigenvalue weighted by Crippen LogP contribution is 2.20. The van der Waals surface area contributed by atoms with Crippen LogP contribution in [-0.4, -0.2) is 23.7 Å². The zero-order valence-corrected chi connectivity index (χ0v) is 12.9. The molecule has 0 aliphatic carbocycles. The quantitative estimate of drug-likeness (QED) is 0.671. The number of aryl methyl sites for hydroxylation is 1. The van der Waals surface area contributed by atoms with Crippen LogP contribution in [-0.2, 0) is 0 Å². The molecule has 21 heavy (non-hydrogen) atoms. The Bertz CT molecular complexity index is 498. The first-order chi connectivity index (χ1) is 9.91. The number of rotatable bonds is 7. The molecule has 0 bridgehead atoms. The third-order valence-electron chi connectivity index (χ3n) is 3.24. The fraction of sp³-hybridized carbons (Fsp3) is 0.500. The van der Waals surface area contributed by atoms with E-state index in [1.807, 2.05) is 0 Å². The number of carboxylic acid groups (broad SMARTS) is 1. The summed E-state index contributed by atoms with van der Waals surface area (Å²) in [5, 5.41) is 14.5. The largest absolute Gasteiger partial charge is 0.478 e. The number of carbonyl (C=O) groups is 2. The third-order valence-corrected chi connectivity index (χ3v) is 3.24. The number of urea groups is 1. The van der Waals surface area contributed by atoms with E-state index in [9.17, 15) is 9.59 Å². The van der Waals surface area contributed by atoms with Crippen molar-refractivity contribution in [3.05, 3.63) is 29.3 Å². The Balaban J connectivity index is 2.50. The van der Waals surface area contributed by atoms with Crippen molar-refractivity contribution in [3.8, 4) is 0 Å². The van der Waals surface area contributed by atoms with Gasteiger partial charge in [0.15, 0.2) is 0 Å². The van der Waals surface area contributed by atoms with Crippen molar-refractivity contribution < 1.29 is 14.7 Å². The van der Waals surface area contributed by atoms with Crippen molar-refractivity contribution in [1.29, 1.82) is 0 Å². The highest BCUT2D eigenvalue weighted by atomic mass is 16.4. The van der Waals surface area contributed by atoms with Crippen LogP contribution >= 0.6 is 0 Å². The summed E-state index contributed by atoms with van der Waals surface area (Å²) in [6.45, 7) is 6.70. The maximum atomic E-state index is 11.8. The topological polar surface area (TPSA) is 78.4 Å². The van der Waals surface area contributed by atoms with Crippen LogP contribution < -0.4 is 10.6 Å². The smallest absolute Gasteiger partial charge is 0.337 e. The second-order valence-corrected chi connectivity index (χ2v) is 5.57. The van der Waals surface area contributed by atoms with Crippen LogP contribution in [0.2, 0.25) is 0 Å². The number of nitrogens with one attached hydrogen (secondary N) is 2. The molecule has 0 unspecified atom stereocenters. The van der Waals surface area contributed by atoms with Crippen LogP contribution in [0.5, 0.6) is 0 Å². The van der Waals surface area contributed by atoms with Crippen molar-refractivity contribution >= 4 is 17.7 Å². The van der Waals surface area contributed by atoms with Crippen LogP contribution in [0.4, 0.5) is 10.5 Å². The molecule has 0 saturated heterocycles. The highest BCUT2D eigenvalue weighted by Gasteiger charge is 2.13. The summed E-state index contributed by atoms with van der Waals surface area (Å²) in [4.78, 5) is 23.0. The van der Waals surface area contributed by atoms with Gasteiger partial charge in [0.1, 0.15) is 0 Å². The van der Waals surface area contributed by atoms with E-state index in [4.69, 9.17) is 5.11 Å². The van der Waals surface area contributed by atoms with Gasteiger partial charge in [0, 0.05) is 6.54 Å². The summed E-state index contributed by atoms with van der Waals surface area (Å²) >= 11 is 0. The molecule has 1 aromatic rings. The fourth-order valence-electron chi connectivity index (χ4n) is 2.05. The lowest BCUT2D eigenvalue weighted by Gasteiger charge is -2.12. The van der Waals surface area contributed by atoms with E-state index >= 15 is 0 Å². The number of para-hydroxylation sites is 1. The average Bonchev–Trinajstić information content (AvgIpc) is 2.40. The molecule has 5 heteroatoms. The molecule has 116 valence electrons. The van der Waals surface area contributed by atoms with E-state index in [0.29, 0.717) is 18.2 Å². The Morgan fingerprint density at radius 3 is 2.57 bits per heavy atom. The van der Waals surface area contributed by atoms with Crippen molar-refractivity contribution in [1.82, 2.24) is 5.32 Å². The van der Waals surface area contributed by atoms with E-state index in [0.717, 1.165) is 24.8 Å². The molecule has 3 N–H and O–H groups in total. The summed E-state index contributed by atoms with van der Waals surface area (Å²) in [5.74, 6) is -0.380. The Kier molecular flexibility index (Phi) is 6.72. The van der Waals surface area contributed by atoms with Gasteiger partial charge >= 0.3 is 12.0 Å². The number of benzene rings is 1. The molecule has 0 saturated carbocycles. The lowest BCUT2D eigenvalue weighted by molar-refractivity contribution is 0.0698. The standard InChI is InChI=1S/C16H24N2O3/c1-11(2)7-4-5-10-17-16(21)18-14-12(3)8-6-9-13(14)15(19)20/h6,8-9,11H,4-5,7,10H2,1-3H3,(H,19,20)(H2,17,18,21). The monoisotopic (exact) mass is 292 g/mol. The maximum Gasteiger partial charge on any atom is 0.337 e. The molecular formula is C16H24N2O3. The predicted molar refractivity (Wildman–Crippen MR) is 83.8 cm³/mol. The number of carbonyl (C=O) groups excluding carboxylic acids is 1. The second-order valence-electron chi connectivity index (χ2n) is 5.57. The minimum Gasteiger partial charge on any atom is -0.478 e. The van der Waals surface area contributed by atoms with Gasteiger partial charge in [-0.05, 0) is 30.9 Å². The number of aromatic carboxylic acids is 1. The number of hydrogen-bond donors (Lipinski definition) is 3. The van der Waals surface area contributed by atoms with Gasteiger partial charge in [-0.2, -0.15) is 0 Å². The molecule has 0 radical (unpaired) electrons. The van der Waals surface area contributed by atoms with Crippen molar-refractivity contribution in [2.24, 2.45) is 5.92 Å². The van der Waals surface area contributed by atoms with Gasteiger partial charge in [-0.1, -0.05) is 38.8 Å². The average molecular weight is 292 g/mol. The van der Waals surface area contributed by atoms with Gasteiger partial charge in [-0.25, -0.2) is 9.59 Å². The molecule has 0 atom stereocenters. The predicted octanol–water partition coefficient (Wildman–Crippen LogP) is 3.64. The van der Waals surface area contributed by atoms with Gasteiger partial charge in [-0.15, -0.1) is 0 Å². The van der Waals surface area contributed by atoms with E-state index < -0.39 is 5.97 Å². The molecule has 1 aromatic carbocycles. The van der Waals surface area contributed by atoms with Gasteiger partial charge in [-0.3, -0.25) is 0 Å². The first kappa shape index (κ1) is 17.0. The van der Waals surface area contributed by atoms with Gasteiger partial charge in [0.05, 0.1) is 11.3 Å². The number of unbranched alkanes of at least 4 members (excludes halogenated alkanes) is 1. The van der Waals surface area contributed by atoms with Gasteiger partial charge in [0.25, 0.3) is 0 Å². The van der Waals surface area contributed by atoms with Gasteiger partial charge in [0.2, 0.25) is 0 Å². The highest BCUT2D eigenvalue weighted by molar-refractivity contribution is 6.00. The van der Waals surface area contributed by atoms with Crippen LogP contribution in [0.1, 0.15) is 49.0 Å². The zero-order valence-electron chi connectivity index (χ0n) is 12.9. The normalized spacial score (nSPS) is 10.5. The molecule has 5 nitrogen and oxygen atoms in total. The molecule has 0 aromatic heterocycles. The molecule has 0 spiro atoms. The molecule has 0 fully saturated rings. The first-order valence-corrected chi connectivity index (χ1v) is 7.29. The summed E-state index contributed by atoms with van der Waals surface area (Å²) in [6.07, 6.45) is 3.14. The lowest BCUT2D eigenvalue weighted by Crippen LogP contribution is -2.30. The molecule has 1 rings (SSSR count). The SMILES string of the molecule is Cc1cccc(C(=O)O)c1NC(=O)NCCCCC(C)C. The lowest BCUT2D eigenvalue weighted by atomic mass is 10.1. The minimum absolute atomic E-state index is 0.102. The van der Waals surface area contributed by atoms with E-state index in [-0.39, 0.29) is 11.6 Å². The van der Waals surface area contributed by atoms with Crippen molar-refractivity contribution in [2.45, 2.75) is 40.0 Å². The fourth-order valence-corrected chi connectivity index (χ4v) is 2.05. The summed E-state index contributed by atoms with van der Waals surface area (Å²) in [7, 11) is 0. The Hall–Kier alpha value is -2.04. The van der Waals surface area contributed by atoms with Crippen LogP contribution in [0.25, 0.3) is 0 Å². The van der Waals surface area contributed by atoms with E-state index in [1.165, 1.54) is 6.07 Å².